The highest BCUT2D eigenvalue weighted by molar-refractivity contribution is 14.0. The number of nitrogens with one attached hydrogen (secondary N) is 2. The molecule has 0 radical (unpaired) electrons. The molecule has 7 nitrogen and oxygen atoms in total. The number of pyridine rings is 1. The lowest BCUT2D eigenvalue weighted by Crippen LogP contribution is -2.39. The van der Waals surface area contributed by atoms with Gasteiger partial charge in [-0.25, -0.2) is 0 Å². The van der Waals surface area contributed by atoms with E-state index >= 15 is 0 Å². The minimum Gasteiger partial charge on any atom is -0.381 e. The van der Waals surface area contributed by atoms with Crippen LogP contribution in [0.25, 0.3) is 5.65 Å². The van der Waals surface area contributed by atoms with E-state index in [2.05, 4.69) is 32.7 Å². The summed E-state index contributed by atoms with van der Waals surface area (Å²) in [7, 11) is 1.78. The Morgan fingerprint density at radius 1 is 1.16 bits per heavy atom. The van der Waals surface area contributed by atoms with E-state index in [4.69, 9.17) is 4.74 Å². The van der Waals surface area contributed by atoms with Crippen molar-refractivity contribution in [3.8, 4) is 0 Å². The molecule has 0 fully saturated rings. The fourth-order valence-corrected chi connectivity index (χ4v) is 2.30. The predicted octanol–water partition coefficient (Wildman–Crippen LogP) is 2.26. The Kier molecular flexibility index (Phi) is 11.1. The SMILES string of the molecule is CCCCOCCCNC(=NC)NCCc1nnc2ccccn12.I. The van der Waals surface area contributed by atoms with Crippen molar-refractivity contribution in [2.45, 2.75) is 32.6 Å². The van der Waals surface area contributed by atoms with Gasteiger partial charge >= 0.3 is 0 Å². The molecule has 2 aromatic heterocycles. The molecule has 0 saturated carbocycles. The first-order valence-electron chi connectivity index (χ1n) is 8.66. The van der Waals surface area contributed by atoms with E-state index in [0.29, 0.717) is 0 Å². The largest absolute Gasteiger partial charge is 0.381 e. The van der Waals surface area contributed by atoms with E-state index in [1.54, 1.807) is 7.05 Å². The van der Waals surface area contributed by atoms with Gasteiger partial charge in [-0.1, -0.05) is 19.4 Å². The summed E-state index contributed by atoms with van der Waals surface area (Å²) in [6.07, 6.45) is 6.05. The summed E-state index contributed by atoms with van der Waals surface area (Å²) in [6, 6.07) is 5.90. The molecule has 2 N–H and O–H groups in total. The average molecular weight is 460 g/mol. The summed E-state index contributed by atoms with van der Waals surface area (Å²) in [5, 5.41) is 15.0. The molecular weight excluding hydrogens is 431 g/mol. The molecule has 0 bridgehead atoms. The zero-order valence-electron chi connectivity index (χ0n) is 15.1. The Hall–Kier alpha value is -1.42. The van der Waals surface area contributed by atoms with Crippen molar-refractivity contribution in [1.29, 1.82) is 0 Å². The van der Waals surface area contributed by atoms with Gasteiger partial charge in [-0.2, -0.15) is 0 Å². The van der Waals surface area contributed by atoms with Crippen LogP contribution >= 0.6 is 24.0 Å². The molecule has 2 rings (SSSR count). The zero-order chi connectivity index (χ0) is 17.0. The third-order valence-electron chi connectivity index (χ3n) is 3.65. The summed E-state index contributed by atoms with van der Waals surface area (Å²) in [5.41, 5.74) is 0.873. The van der Waals surface area contributed by atoms with Gasteiger partial charge in [0.1, 0.15) is 5.82 Å². The topological polar surface area (TPSA) is 75.8 Å². The van der Waals surface area contributed by atoms with Gasteiger partial charge in [-0.05, 0) is 25.0 Å². The van der Waals surface area contributed by atoms with Crippen LogP contribution in [0.4, 0.5) is 0 Å². The number of hydrogen-bond donors (Lipinski definition) is 2. The summed E-state index contributed by atoms with van der Waals surface area (Å²) < 4.78 is 7.55. The summed E-state index contributed by atoms with van der Waals surface area (Å²) >= 11 is 0. The van der Waals surface area contributed by atoms with Gasteiger partial charge in [0.2, 0.25) is 0 Å². The number of rotatable bonds is 10. The molecule has 0 unspecified atom stereocenters. The van der Waals surface area contributed by atoms with E-state index in [-0.39, 0.29) is 24.0 Å². The van der Waals surface area contributed by atoms with E-state index in [9.17, 15) is 0 Å². The van der Waals surface area contributed by atoms with Gasteiger partial charge in [0, 0.05) is 46.0 Å². The molecule has 2 heterocycles. The van der Waals surface area contributed by atoms with Gasteiger partial charge in [0.05, 0.1) is 0 Å². The number of unbranched alkanes of at least 4 members (excludes halogenated alkanes) is 1. The van der Waals surface area contributed by atoms with E-state index in [0.717, 1.165) is 63.0 Å². The van der Waals surface area contributed by atoms with Gasteiger partial charge in [-0.3, -0.25) is 9.39 Å². The highest BCUT2D eigenvalue weighted by Gasteiger charge is 2.04. The molecule has 0 spiro atoms. The van der Waals surface area contributed by atoms with Crippen LogP contribution in [0, 0.1) is 0 Å². The Morgan fingerprint density at radius 2 is 1.96 bits per heavy atom. The molecule has 0 aliphatic carbocycles. The monoisotopic (exact) mass is 460 g/mol. The van der Waals surface area contributed by atoms with Gasteiger partial charge < -0.3 is 15.4 Å². The lowest BCUT2D eigenvalue weighted by molar-refractivity contribution is 0.129. The van der Waals surface area contributed by atoms with Crippen molar-refractivity contribution in [1.82, 2.24) is 25.2 Å². The smallest absolute Gasteiger partial charge is 0.190 e. The van der Waals surface area contributed by atoms with Crippen LogP contribution in [0.5, 0.6) is 0 Å². The van der Waals surface area contributed by atoms with Gasteiger partial charge in [-0.15, -0.1) is 34.2 Å². The lowest BCUT2D eigenvalue weighted by Gasteiger charge is -2.11. The van der Waals surface area contributed by atoms with Crippen LogP contribution in [0.3, 0.4) is 0 Å². The van der Waals surface area contributed by atoms with E-state index < -0.39 is 0 Å². The number of aromatic nitrogens is 3. The third kappa shape index (κ3) is 7.55. The first-order chi connectivity index (χ1) is 11.8. The quantitative estimate of drug-likeness (QED) is 0.246. The molecule has 2 aromatic rings. The maximum Gasteiger partial charge on any atom is 0.190 e. The van der Waals surface area contributed by atoms with Crippen LogP contribution in [0.15, 0.2) is 29.4 Å². The number of hydrogen-bond acceptors (Lipinski definition) is 4. The molecular formula is C17H29IN6O. The van der Waals surface area contributed by atoms with Crippen molar-refractivity contribution in [3.05, 3.63) is 30.2 Å². The van der Waals surface area contributed by atoms with Crippen LogP contribution in [0.2, 0.25) is 0 Å². The fraction of sp³-hybridized carbons (Fsp3) is 0.588. The van der Waals surface area contributed by atoms with Gasteiger partial charge in [0.15, 0.2) is 11.6 Å². The maximum atomic E-state index is 5.54. The Labute approximate surface area is 166 Å². The number of nitrogens with zero attached hydrogens (tertiary/aromatic N) is 4. The Balaban J connectivity index is 0.00000312. The van der Waals surface area contributed by atoms with E-state index in [1.165, 1.54) is 6.42 Å². The van der Waals surface area contributed by atoms with Crippen molar-refractivity contribution >= 4 is 35.6 Å². The average Bonchev–Trinajstić information content (AvgIpc) is 3.02. The third-order valence-corrected chi connectivity index (χ3v) is 3.65. The molecule has 0 amide bonds. The number of fused-ring (bicyclic) bond motifs is 1. The molecule has 140 valence electrons. The molecule has 0 aromatic carbocycles. The second-order valence-electron chi connectivity index (χ2n) is 5.54. The zero-order valence-corrected chi connectivity index (χ0v) is 17.4. The summed E-state index contributed by atoms with van der Waals surface area (Å²) in [5.74, 6) is 1.75. The molecule has 0 aliphatic heterocycles. The number of halogens is 1. The Morgan fingerprint density at radius 3 is 2.76 bits per heavy atom. The summed E-state index contributed by atoms with van der Waals surface area (Å²) in [6.45, 7) is 5.41. The number of guanidine groups is 1. The summed E-state index contributed by atoms with van der Waals surface area (Å²) in [4.78, 5) is 4.23. The predicted molar refractivity (Wildman–Crippen MR) is 112 cm³/mol. The van der Waals surface area contributed by atoms with Gasteiger partial charge in [0.25, 0.3) is 0 Å². The van der Waals surface area contributed by atoms with Crippen molar-refractivity contribution < 1.29 is 4.74 Å². The molecule has 25 heavy (non-hydrogen) atoms. The Bertz CT molecular complexity index is 630. The standard InChI is InChI=1S/C17H28N6O.HI/c1-3-4-13-24-14-7-10-19-17(18-2)20-11-9-16-22-21-15-8-5-6-12-23(15)16;/h5-6,8,12H,3-4,7,9-11,13-14H2,1-2H3,(H2,18,19,20);1H. The normalized spacial score (nSPS) is 11.4. The highest BCUT2D eigenvalue weighted by atomic mass is 127. The van der Waals surface area contributed by atoms with E-state index in [1.807, 2.05) is 28.8 Å². The minimum absolute atomic E-state index is 0. The van der Waals surface area contributed by atoms with Crippen LogP contribution < -0.4 is 10.6 Å². The van der Waals surface area contributed by atoms with Crippen LogP contribution in [0.1, 0.15) is 32.0 Å². The second-order valence-corrected chi connectivity index (χ2v) is 5.54. The van der Waals surface area contributed by atoms with Crippen molar-refractivity contribution in [3.63, 3.8) is 0 Å². The molecule has 0 atom stereocenters. The maximum absolute atomic E-state index is 5.54. The molecule has 0 aliphatic rings. The number of ether oxygens (including phenoxy) is 1. The highest BCUT2D eigenvalue weighted by Crippen LogP contribution is 2.02. The minimum atomic E-state index is 0. The molecule has 0 saturated heterocycles. The number of aliphatic imine (C=N–C) groups is 1. The van der Waals surface area contributed by atoms with Crippen molar-refractivity contribution in [2.75, 3.05) is 33.4 Å². The fourth-order valence-electron chi connectivity index (χ4n) is 2.30. The van der Waals surface area contributed by atoms with Crippen molar-refractivity contribution in [2.24, 2.45) is 4.99 Å². The second kappa shape index (κ2) is 12.9. The first kappa shape index (κ1) is 21.6. The van der Waals surface area contributed by atoms with Crippen LogP contribution in [-0.4, -0.2) is 53.9 Å². The van der Waals surface area contributed by atoms with Crippen LogP contribution in [-0.2, 0) is 11.2 Å². The first-order valence-corrected chi connectivity index (χ1v) is 8.66. The molecule has 8 heteroatoms. The lowest BCUT2D eigenvalue weighted by atomic mass is 10.3.